The average molecular weight is 328 g/mol. The molecule has 22 heavy (non-hydrogen) atoms. The minimum absolute atomic E-state index is 0.0781. The van der Waals surface area contributed by atoms with Crippen molar-refractivity contribution in [3.8, 4) is 0 Å². The molecule has 2 aromatic heterocycles. The molecule has 2 aromatic rings. The number of fused-ring (bicyclic) bond motifs is 1. The van der Waals surface area contributed by atoms with Crippen molar-refractivity contribution >= 4 is 30.5 Å². The van der Waals surface area contributed by atoms with Gasteiger partial charge in [-0.15, -0.1) is 0 Å². The summed E-state index contributed by atoms with van der Waals surface area (Å²) in [5.41, 5.74) is 12.2. The summed E-state index contributed by atoms with van der Waals surface area (Å²) in [7, 11) is -4.14. The summed E-state index contributed by atoms with van der Waals surface area (Å²) in [6.07, 6.45) is 2.85. The molecule has 120 valence electrons. The van der Waals surface area contributed by atoms with Gasteiger partial charge in [-0.1, -0.05) is 0 Å². The fourth-order valence-corrected chi connectivity index (χ4v) is 2.70. The molecule has 0 amide bonds. The van der Waals surface area contributed by atoms with Crippen LogP contribution in [0.3, 0.4) is 0 Å². The highest BCUT2D eigenvalue weighted by Crippen LogP contribution is 2.48. The monoisotopic (exact) mass is 328 g/mol. The van der Waals surface area contributed by atoms with Crippen molar-refractivity contribution in [2.45, 2.75) is 19.4 Å². The summed E-state index contributed by atoms with van der Waals surface area (Å²) < 4.78 is 17.8. The van der Waals surface area contributed by atoms with E-state index >= 15 is 0 Å². The van der Waals surface area contributed by atoms with Gasteiger partial charge in [-0.2, -0.15) is 9.97 Å². The first kappa shape index (κ1) is 15.2. The lowest BCUT2D eigenvalue weighted by Crippen LogP contribution is -2.18. The van der Waals surface area contributed by atoms with E-state index in [9.17, 15) is 4.57 Å². The van der Waals surface area contributed by atoms with E-state index in [1.54, 1.807) is 6.33 Å². The third-order valence-electron chi connectivity index (χ3n) is 3.64. The molecule has 1 aliphatic rings. The molecule has 6 N–H and O–H groups in total. The van der Waals surface area contributed by atoms with E-state index in [0.29, 0.717) is 17.7 Å². The Bertz CT molecular complexity index is 752. The number of aromatic nitrogens is 4. The lowest BCUT2D eigenvalue weighted by Gasteiger charge is -2.16. The van der Waals surface area contributed by atoms with Crippen LogP contribution in [-0.4, -0.2) is 42.3 Å². The van der Waals surface area contributed by atoms with Crippen molar-refractivity contribution in [3.63, 3.8) is 0 Å². The lowest BCUT2D eigenvalue weighted by molar-refractivity contribution is 0.104. The van der Waals surface area contributed by atoms with Gasteiger partial charge >= 0.3 is 7.60 Å². The smallest absolute Gasteiger partial charge is 0.350 e. The van der Waals surface area contributed by atoms with Crippen LogP contribution in [0, 0.1) is 5.41 Å². The zero-order valence-electron chi connectivity index (χ0n) is 11.7. The second-order valence-electron chi connectivity index (χ2n) is 5.65. The first-order valence-electron chi connectivity index (χ1n) is 6.64. The summed E-state index contributed by atoms with van der Waals surface area (Å²) in [5.74, 6) is 0.304. The molecule has 11 heteroatoms. The predicted molar refractivity (Wildman–Crippen MR) is 78.7 cm³/mol. The molecule has 1 fully saturated rings. The van der Waals surface area contributed by atoms with Gasteiger partial charge in [0.15, 0.2) is 11.5 Å². The SMILES string of the molecule is Nc1nc(N)c2ncn(CC3(COCP(=O)(O)O)CC3)c2n1. The number of imidazole rings is 1. The minimum atomic E-state index is -4.14. The number of ether oxygens (including phenoxy) is 1. The summed E-state index contributed by atoms with van der Waals surface area (Å²) in [6, 6.07) is 0. The lowest BCUT2D eigenvalue weighted by atomic mass is 10.1. The van der Waals surface area contributed by atoms with Gasteiger partial charge in [0.2, 0.25) is 5.95 Å². The third-order valence-corrected chi connectivity index (χ3v) is 4.16. The zero-order valence-corrected chi connectivity index (χ0v) is 12.6. The van der Waals surface area contributed by atoms with E-state index in [1.165, 1.54) is 0 Å². The van der Waals surface area contributed by atoms with Crippen LogP contribution in [0.1, 0.15) is 12.8 Å². The van der Waals surface area contributed by atoms with Gasteiger partial charge in [0.1, 0.15) is 11.9 Å². The quantitative estimate of drug-likeness (QED) is 0.531. The Labute approximate surface area is 125 Å². The summed E-state index contributed by atoms with van der Waals surface area (Å²) in [4.78, 5) is 29.8. The topological polar surface area (TPSA) is 162 Å². The number of anilines is 2. The van der Waals surface area contributed by atoms with Crippen LogP contribution < -0.4 is 11.5 Å². The Morgan fingerprint density at radius 1 is 1.36 bits per heavy atom. The van der Waals surface area contributed by atoms with Crippen LogP contribution >= 0.6 is 7.60 Å². The van der Waals surface area contributed by atoms with E-state index in [-0.39, 0.29) is 23.8 Å². The summed E-state index contributed by atoms with van der Waals surface area (Å²) in [5, 5.41) is 0. The van der Waals surface area contributed by atoms with Gasteiger partial charge in [-0.05, 0) is 12.8 Å². The van der Waals surface area contributed by atoms with E-state index in [4.69, 9.17) is 26.0 Å². The predicted octanol–water partition coefficient (Wildman–Crippen LogP) is -0.0773. The van der Waals surface area contributed by atoms with Crippen LogP contribution in [0.4, 0.5) is 11.8 Å². The van der Waals surface area contributed by atoms with Crippen molar-refractivity contribution in [3.05, 3.63) is 6.33 Å². The first-order chi connectivity index (χ1) is 10.3. The van der Waals surface area contributed by atoms with Crippen LogP contribution in [0.2, 0.25) is 0 Å². The first-order valence-corrected chi connectivity index (χ1v) is 8.44. The van der Waals surface area contributed by atoms with E-state index in [2.05, 4.69) is 15.0 Å². The molecular formula is C11H17N6O4P. The molecule has 0 unspecified atom stereocenters. The highest BCUT2D eigenvalue weighted by Gasteiger charge is 2.44. The molecule has 0 spiro atoms. The van der Waals surface area contributed by atoms with Gasteiger partial charge in [0, 0.05) is 12.0 Å². The van der Waals surface area contributed by atoms with Gasteiger partial charge < -0.3 is 30.6 Å². The number of nitrogens with two attached hydrogens (primary N) is 2. The molecule has 10 nitrogen and oxygen atoms in total. The fourth-order valence-electron chi connectivity index (χ4n) is 2.37. The number of hydrogen-bond acceptors (Lipinski definition) is 7. The molecule has 0 aliphatic heterocycles. The number of hydrogen-bond donors (Lipinski definition) is 4. The van der Waals surface area contributed by atoms with Gasteiger partial charge in [0.25, 0.3) is 0 Å². The molecule has 0 atom stereocenters. The minimum Gasteiger partial charge on any atom is -0.382 e. The number of nitrogen functional groups attached to an aromatic ring is 2. The molecule has 0 bridgehead atoms. The summed E-state index contributed by atoms with van der Waals surface area (Å²) >= 11 is 0. The summed E-state index contributed by atoms with van der Waals surface area (Å²) in [6.45, 7) is 0.842. The Kier molecular flexibility index (Phi) is 3.56. The van der Waals surface area contributed by atoms with Crippen molar-refractivity contribution in [1.82, 2.24) is 19.5 Å². The number of rotatable bonds is 6. The van der Waals surface area contributed by atoms with E-state index in [1.807, 2.05) is 4.57 Å². The zero-order chi connectivity index (χ0) is 16.0. The Morgan fingerprint density at radius 3 is 2.73 bits per heavy atom. The highest BCUT2D eigenvalue weighted by molar-refractivity contribution is 7.51. The van der Waals surface area contributed by atoms with Crippen molar-refractivity contribution < 1.29 is 19.1 Å². The normalized spacial score (nSPS) is 17.0. The fraction of sp³-hybridized carbons (Fsp3) is 0.545. The van der Waals surface area contributed by atoms with Crippen molar-refractivity contribution in [1.29, 1.82) is 0 Å². The third kappa shape index (κ3) is 3.20. The Hall–Kier alpha value is -1.74. The Balaban J connectivity index is 1.74. The van der Waals surface area contributed by atoms with E-state index in [0.717, 1.165) is 12.8 Å². The van der Waals surface area contributed by atoms with Crippen LogP contribution in [0.25, 0.3) is 11.2 Å². The second-order valence-corrected chi connectivity index (χ2v) is 7.24. The maximum absolute atomic E-state index is 10.8. The van der Waals surface area contributed by atoms with Gasteiger partial charge in [-0.3, -0.25) is 4.57 Å². The average Bonchev–Trinajstić information content (AvgIpc) is 3.02. The molecule has 0 aromatic carbocycles. The maximum atomic E-state index is 10.8. The second kappa shape index (κ2) is 5.17. The molecule has 0 radical (unpaired) electrons. The number of nitrogens with zero attached hydrogens (tertiary/aromatic N) is 4. The van der Waals surface area contributed by atoms with Crippen LogP contribution in [0.5, 0.6) is 0 Å². The van der Waals surface area contributed by atoms with Gasteiger partial charge in [-0.25, -0.2) is 4.98 Å². The molecular weight excluding hydrogens is 311 g/mol. The maximum Gasteiger partial charge on any atom is 0.350 e. The van der Waals surface area contributed by atoms with E-state index < -0.39 is 13.9 Å². The molecule has 3 rings (SSSR count). The highest BCUT2D eigenvalue weighted by atomic mass is 31.2. The van der Waals surface area contributed by atoms with Crippen molar-refractivity contribution in [2.75, 3.05) is 24.4 Å². The van der Waals surface area contributed by atoms with Crippen LogP contribution in [0.15, 0.2) is 6.33 Å². The Morgan fingerprint density at radius 2 is 2.09 bits per heavy atom. The van der Waals surface area contributed by atoms with Crippen LogP contribution in [-0.2, 0) is 15.8 Å². The van der Waals surface area contributed by atoms with Gasteiger partial charge in [0.05, 0.1) is 12.9 Å². The standard InChI is InChI=1S/C11H17N6O4P/c12-8-7-9(16-10(13)15-8)17(5-14-7)3-11(1-2-11)4-21-6-22(18,19)20/h5H,1-4,6H2,(H2,18,19,20)(H4,12,13,15,16). The molecule has 1 aliphatic carbocycles. The molecule has 2 heterocycles. The largest absolute Gasteiger partial charge is 0.382 e. The molecule has 1 saturated carbocycles. The van der Waals surface area contributed by atoms with Crippen molar-refractivity contribution in [2.24, 2.45) is 5.41 Å². The molecule has 0 saturated heterocycles.